The van der Waals surface area contributed by atoms with Gasteiger partial charge in [-0.1, -0.05) is 54.3 Å². The Kier molecular flexibility index (Phi) is 7.24. The third-order valence-corrected chi connectivity index (χ3v) is 8.20. The Morgan fingerprint density at radius 1 is 1.07 bits per heavy atom. The Labute approximate surface area is 249 Å². The maximum absolute atomic E-state index is 14.2. The minimum Gasteiger partial charge on any atom is -0.458 e. The van der Waals surface area contributed by atoms with E-state index in [1.165, 1.54) is 23.0 Å². The van der Waals surface area contributed by atoms with Gasteiger partial charge in [0.15, 0.2) is 4.80 Å². The summed E-state index contributed by atoms with van der Waals surface area (Å²) in [6.45, 7) is 7.56. The molecular formula is C32H25N3O7S. The van der Waals surface area contributed by atoms with Crippen LogP contribution in [0, 0.1) is 0 Å². The largest absolute Gasteiger partial charge is 0.458 e. The molecule has 2 aromatic heterocycles. The lowest BCUT2D eigenvalue weighted by Crippen LogP contribution is -2.41. The number of aromatic nitrogens is 1. The Morgan fingerprint density at radius 2 is 1.84 bits per heavy atom. The summed E-state index contributed by atoms with van der Waals surface area (Å²) < 4.78 is 17.5. The molecule has 0 saturated heterocycles. The van der Waals surface area contributed by atoms with Crippen molar-refractivity contribution in [1.82, 2.24) is 4.57 Å². The van der Waals surface area contributed by atoms with Crippen molar-refractivity contribution < 1.29 is 28.3 Å². The maximum Gasteiger partial charge on any atom is 0.379 e. The molecule has 4 heterocycles. The van der Waals surface area contributed by atoms with Crippen LogP contribution in [0.4, 0.5) is 5.69 Å². The van der Waals surface area contributed by atoms with Gasteiger partial charge in [0.1, 0.15) is 16.9 Å². The van der Waals surface area contributed by atoms with E-state index >= 15 is 0 Å². The molecule has 10 nitrogen and oxygen atoms in total. The minimum atomic E-state index is -0.924. The molecule has 6 rings (SSSR count). The number of carbonyl (C=O) groups is 3. The van der Waals surface area contributed by atoms with Crippen LogP contribution in [0.5, 0.6) is 5.75 Å². The number of para-hydroxylation sites is 1. The molecule has 11 heteroatoms. The number of benzene rings is 2. The average Bonchev–Trinajstić information content (AvgIpc) is 3.72. The highest BCUT2D eigenvalue weighted by molar-refractivity contribution is 7.07. The lowest BCUT2D eigenvalue weighted by molar-refractivity contribution is -0.138. The summed E-state index contributed by atoms with van der Waals surface area (Å²) >= 11 is 1.10. The number of thiazole rings is 1. The fourth-order valence-corrected chi connectivity index (χ4v) is 6.38. The van der Waals surface area contributed by atoms with Crippen LogP contribution < -0.4 is 24.5 Å². The summed E-state index contributed by atoms with van der Waals surface area (Å²) in [5.41, 5.74) is 2.33. The summed E-state index contributed by atoms with van der Waals surface area (Å²) in [6, 6.07) is 15.9. The summed E-state index contributed by atoms with van der Waals surface area (Å²) in [7, 11) is 0. The number of carbonyl (C=O) groups excluding carboxylic acids is 3. The van der Waals surface area contributed by atoms with Crippen molar-refractivity contribution >= 4 is 40.4 Å². The zero-order valence-electron chi connectivity index (χ0n) is 23.2. The van der Waals surface area contributed by atoms with E-state index in [-0.39, 0.29) is 34.1 Å². The molecule has 0 fully saturated rings. The number of furan rings is 1. The average molecular weight is 596 g/mol. The summed E-state index contributed by atoms with van der Waals surface area (Å²) in [5.74, 6) is -1.30. The first-order valence-electron chi connectivity index (χ1n) is 13.4. The van der Waals surface area contributed by atoms with E-state index in [2.05, 4.69) is 11.6 Å². The monoisotopic (exact) mass is 595 g/mol. The lowest BCUT2D eigenvalue weighted by atomic mass is 9.96. The topological polar surface area (TPSA) is 120 Å². The first-order chi connectivity index (χ1) is 20.8. The SMILES string of the molecule is C=CCOC(=O)C1=C(C)N=c2s/c(=C3\C(=O)N(CC)c4ccccc43)c(=O)n2C1c1ccc(OC(=O)c2ccco2)cc1. The molecule has 0 saturated carbocycles. The quantitative estimate of drug-likeness (QED) is 0.182. The second kappa shape index (κ2) is 11.2. The van der Waals surface area contributed by atoms with E-state index in [0.29, 0.717) is 33.7 Å². The zero-order valence-corrected chi connectivity index (χ0v) is 24.1. The lowest BCUT2D eigenvalue weighted by Gasteiger charge is -2.24. The van der Waals surface area contributed by atoms with Gasteiger partial charge in [-0.25, -0.2) is 14.6 Å². The number of amides is 1. The third kappa shape index (κ3) is 4.73. The zero-order chi connectivity index (χ0) is 30.2. The van der Waals surface area contributed by atoms with Gasteiger partial charge in [0.2, 0.25) is 5.76 Å². The van der Waals surface area contributed by atoms with E-state index in [9.17, 15) is 19.2 Å². The fourth-order valence-electron chi connectivity index (χ4n) is 5.24. The van der Waals surface area contributed by atoms with Crippen molar-refractivity contribution in [3.8, 4) is 5.75 Å². The first-order valence-corrected chi connectivity index (χ1v) is 14.3. The predicted molar refractivity (Wildman–Crippen MR) is 158 cm³/mol. The molecule has 216 valence electrons. The van der Waals surface area contributed by atoms with Gasteiger partial charge in [-0.2, -0.15) is 0 Å². The number of nitrogens with zero attached hydrogens (tertiary/aromatic N) is 3. The number of anilines is 1. The number of ether oxygens (including phenoxy) is 2. The highest BCUT2D eigenvalue weighted by Crippen LogP contribution is 2.35. The van der Waals surface area contributed by atoms with Crippen LogP contribution in [0.15, 0.2) is 105 Å². The van der Waals surface area contributed by atoms with E-state index in [0.717, 1.165) is 17.0 Å². The van der Waals surface area contributed by atoms with Crippen LogP contribution >= 0.6 is 11.3 Å². The molecule has 1 atom stereocenters. The van der Waals surface area contributed by atoms with Crippen molar-refractivity contribution in [3.05, 3.63) is 127 Å². The van der Waals surface area contributed by atoms with Crippen molar-refractivity contribution in [2.24, 2.45) is 4.99 Å². The Hall–Kier alpha value is -5.29. The van der Waals surface area contributed by atoms with Gasteiger partial charge < -0.3 is 18.8 Å². The molecule has 2 aliphatic rings. The van der Waals surface area contributed by atoms with E-state index < -0.39 is 23.5 Å². The van der Waals surface area contributed by atoms with Gasteiger partial charge in [0.05, 0.1) is 34.8 Å². The first kappa shape index (κ1) is 27.9. The van der Waals surface area contributed by atoms with Gasteiger partial charge in [0.25, 0.3) is 11.5 Å². The second-order valence-corrected chi connectivity index (χ2v) is 10.6. The highest BCUT2D eigenvalue weighted by Gasteiger charge is 2.37. The normalized spacial score (nSPS) is 16.8. The fraction of sp³-hybridized carbons (Fsp3) is 0.156. The van der Waals surface area contributed by atoms with Gasteiger partial charge in [0, 0.05) is 12.1 Å². The number of fused-ring (bicyclic) bond motifs is 2. The van der Waals surface area contributed by atoms with Crippen molar-refractivity contribution in [2.75, 3.05) is 18.1 Å². The van der Waals surface area contributed by atoms with Crippen molar-refractivity contribution in [3.63, 3.8) is 0 Å². The summed E-state index contributed by atoms with van der Waals surface area (Å²) in [4.78, 5) is 60.0. The molecule has 43 heavy (non-hydrogen) atoms. The number of allylic oxidation sites excluding steroid dienone is 1. The predicted octanol–water partition coefficient (Wildman–Crippen LogP) is 3.51. The molecule has 2 aromatic carbocycles. The Balaban J connectivity index is 1.50. The molecule has 1 amide bonds. The minimum absolute atomic E-state index is 0.0310. The van der Waals surface area contributed by atoms with Crippen molar-refractivity contribution in [2.45, 2.75) is 19.9 Å². The number of likely N-dealkylation sites (N-methyl/N-ethyl adjacent to an activating group) is 1. The van der Waals surface area contributed by atoms with Crippen LogP contribution in [-0.4, -0.2) is 35.6 Å². The van der Waals surface area contributed by atoms with Crippen LogP contribution in [0.1, 0.15) is 41.6 Å². The van der Waals surface area contributed by atoms with Crippen LogP contribution in [0.3, 0.4) is 0 Å². The summed E-state index contributed by atoms with van der Waals surface area (Å²) in [5, 5.41) is 0. The number of esters is 2. The smallest absolute Gasteiger partial charge is 0.379 e. The molecule has 1 unspecified atom stereocenters. The van der Waals surface area contributed by atoms with Crippen LogP contribution in [0.25, 0.3) is 5.57 Å². The number of hydrogen-bond donors (Lipinski definition) is 0. The van der Waals surface area contributed by atoms with Gasteiger partial charge in [-0.3, -0.25) is 14.2 Å². The van der Waals surface area contributed by atoms with E-state index in [1.807, 2.05) is 31.2 Å². The highest BCUT2D eigenvalue weighted by atomic mass is 32.1. The molecule has 4 aromatic rings. The van der Waals surface area contributed by atoms with Gasteiger partial charge in [-0.05, 0) is 49.7 Å². The molecule has 2 aliphatic heterocycles. The maximum atomic E-state index is 14.2. The second-order valence-electron chi connectivity index (χ2n) is 9.67. The van der Waals surface area contributed by atoms with Gasteiger partial charge in [-0.15, -0.1) is 0 Å². The third-order valence-electron chi connectivity index (χ3n) is 7.14. The Morgan fingerprint density at radius 3 is 2.53 bits per heavy atom. The summed E-state index contributed by atoms with van der Waals surface area (Å²) in [6.07, 6.45) is 2.82. The molecular weight excluding hydrogens is 570 g/mol. The van der Waals surface area contributed by atoms with Crippen molar-refractivity contribution in [1.29, 1.82) is 0 Å². The van der Waals surface area contributed by atoms with Crippen LogP contribution in [-0.2, 0) is 14.3 Å². The number of hydrogen-bond acceptors (Lipinski definition) is 9. The van der Waals surface area contributed by atoms with Gasteiger partial charge >= 0.3 is 11.9 Å². The molecule has 0 N–H and O–H groups in total. The molecule has 0 aliphatic carbocycles. The number of rotatable bonds is 7. The molecule has 0 radical (unpaired) electrons. The molecule has 0 spiro atoms. The molecule has 0 bridgehead atoms. The van der Waals surface area contributed by atoms with E-state index in [4.69, 9.17) is 13.9 Å². The van der Waals surface area contributed by atoms with E-state index in [1.54, 1.807) is 42.2 Å². The van der Waals surface area contributed by atoms with Crippen LogP contribution in [0.2, 0.25) is 0 Å². The standard InChI is InChI=1S/C32H25N3O7S/c1-4-16-41-31(39)24-18(3)33-32-35(26(24)19-12-14-20(15-13-19)42-30(38)23-11-8-17-40-23)29(37)27(43-32)25-21-9-6-7-10-22(21)34(5-2)28(25)36/h4,6-15,17,26H,1,5,16H2,2-3H3/b27-25-. The Bertz CT molecular complexity index is 2000.